The summed E-state index contributed by atoms with van der Waals surface area (Å²) in [5, 5.41) is 0. The van der Waals surface area contributed by atoms with Crippen molar-refractivity contribution in [3.63, 3.8) is 0 Å². The molecule has 3 heteroatoms. The van der Waals surface area contributed by atoms with Gasteiger partial charge in [0.05, 0.1) is 18.8 Å². The summed E-state index contributed by atoms with van der Waals surface area (Å²) in [4.78, 5) is 11.2. The molecule has 0 aliphatic carbocycles. The SMILES string of the molecule is CCOC(=O)C1=C(C)OCCC1. The molecule has 0 aromatic heterocycles. The third-order valence-corrected chi connectivity index (χ3v) is 1.84. The molecule has 0 aromatic rings. The number of ether oxygens (including phenoxy) is 2. The van der Waals surface area contributed by atoms with Crippen LogP contribution in [0.3, 0.4) is 0 Å². The standard InChI is InChI=1S/C9H14O3/c1-3-11-9(10)8-5-4-6-12-7(8)2/h3-6H2,1-2H3. The lowest BCUT2D eigenvalue weighted by molar-refractivity contribution is -0.139. The van der Waals surface area contributed by atoms with Crippen molar-refractivity contribution in [3.05, 3.63) is 11.3 Å². The van der Waals surface area contributed by atoms with Crippen molar-refractivity contribution in [1.82, 2.24) is 0 Å². The lowest BCUT2D eigenvalue weighted by Crippen LogP contribution is -2.15. The second kappa shape index (κ2) is 4.14. The van der Waals surface area contributed by atoms with Crippen molar-refractivity contribution in [1.29, 1.82) is 0 Å². The van der Waals surface area contributed by atoms with Crippen LogP contribution in [-0.4, -0.2) is 19.2 Å². The Kier molecular flexibility index (Phi) is 3.14. The largest absolute Gasteiger partial charge is 0.498 e. The molecular weight excluding hydrogens is 156 g/mol. The third kappa shape index (κ3) is 2.00. The van der Waals surface area contributed by atoms with Gasteiger partial charge in [-0.1, -0.05) is 0 Å². The van der Waals surface area contributed by atoms with Crippen LogP contribution in [0.5, 0.6) is 0 Å². The van der Waals surface area contributed by atoms with E-state index in [1.807, 2.05) is 6.92 Å². The molecule has 0 fully saturated rings. The molecule has 0 saturated heterocycles. The Labute approximate surface area is 72.4 Å². The predicted octanol–water partition coefficient (Wildman–Crippen LogP) is 1.63. The van der Waals surface area contributed by atoms with Gasteiger partial charge in [-0.25, -0.2) is 4.79 Å². The van der Waals surface area contributed by atoms with Crippen LogP contribution >= 0.6 is 0 Å². The maximum Gasteiger partial charge on any atom is 0.337 e. The molecule has 1 rings (SSSR count). The first-order valence-electron chi connectivity index (χ1n) is 4.25. The predicted molar refractivity (Wildman–Crippen MR) is 44.5 cm³/mol. The van der Waals surface area contributed by atoms with E-state index in [0.29, 0.717) is 12.2 Å². The molecule has 1 aliphatic rings. The molecule has 68 valence electrons. The van der Waals surface area contributed by atoms with E-state index in [9.17, 15) is 4.79 Å². The Hall–Kier alpha value is -0.990. The molecular formula is C9H14O3. The van der Waals surface area contributed by atoms with Crippen LogP contribution in [0.2, 0.25) is 0 Å². The van der Waals surface area contributed by atoms with E-state index >= 15 is 0 Å². The summed E-state index contributed by atoms with van der Waals surface area (Å²) in [5.74, 6) is 0.495. The molecule has 1 heterocycles. The first-order valence-corrected chi connectivity index (χ1v) is 4.25. The second-order valence-corrected chi connectivity index (χ2v) is 2.71. The molecule has 1 aliphatic heterocycles. The average molecular weight is 170 g/mol. The molecule has 0 aromatic carbocycles. The van der Waals surface area contributed by atoms with Gasteiger partial charge in [-0.3, -0.25) is 0 Å². The molecule has 0 radical (unpaired) electrons. The third-order valence-electron chi connectivity index (χ3n) is 1.84. The molecule has 0 spiro atoms. The molecule has 0 unspecified atom stereocenters. The van der Waals surface area contributed by atoms with Crippen LogP contribution in [0.1, 0.15) is 26.7 Å². The van der Waals surface area contributed by atoms with Gasteiger partial charge in [0, 0.05) is 0 Å². The summed E-state index contributed by atoms with van der Waals surface area (Å²) in [6.45, 7) is 4.76. The van der Waals surface area contributed by atoms with Crippen LogP contribution in [0.25, 0.3) is 0 Å². The smallest absolute Gasteiger partial charge is 0.337 e. The van der Waals surface area contributed by atoms with Crippen LogP contribution in [0.15, 0.2) is 11.3 Å². The van der Waals surface area contributed by atoms with Crippen molar-refractivity contribution in [2.75, 3.05) is 13.2 Å². The number of rotatable bonds is 2. The fourth-order valence-corrected chi connectivity index (χ4v) is 1.20. The van der Waals surface area contributed by atoms with Gasteiger partial charge in [0.25, 0.3) is 0 Å². The number of hydrogen-bond acceptors (Lipinski definition) is 3. The minimum Gasteiger partial charge on any atom is -0.498 e. The fourth-order valence-electron chi connectivity index (χ4n) is 1.20. The fraction of sp³-hybridized carbons (Fsp3) is 0.667. The zero-order valence-corrected chi connectivity index (χ0v) is 7.55. The lowest BCUT2D eigenvalue weighted by Gasteiger charge is -2.17. The minimum absolute atomic E-state index is 0.227. The Morgan fingerprint density at radius 3 is 3.00 bits per heavy atom. The van der Waals surface area contributed by atoms with Crippen LogP contribution < -0.4 is 0 Å². The highest BCUT2D eigenvalue weighted by Gasteiger charge is 2.18. The Morgan fingerprint density at radius 1 is 1.67 bits per heavy atom. The topological polar surface area (TPSA) is 35.5 Å². The molecule has 0 bridgehead atoms. The summed E-state index contributed by atoms with van der Waals surface area (Å²) in [5.41, 5.74) is 0.697. The Balaban J connectivity index is 2.64. The second-order valence-electron chi connectivity index (χ2n) is 2.71. The maximum absolute atomic E-state index is 11.2. The van der Waals surface area contributed by atoms with Crippen molar-refractivity contribution in [2.24, 2.45) is 0 Å². The number of allylic oxidation sites excluding steroid dienone is 1. The van der Waals surface area contributed by atoms with E-state index < -0.39 is 0 Å². The van der Waals surface area contributed by atoms with Crippen molar-refractivity contribution >= 4 is 5.97 Å². The van der Waals surface area contributed by atoms with Gasteiger partial charge < -0.3 is 9.47 Å². The van der Waals surface area contributed by atoms with E-state index in [2.05, 4.69) is 0 Å². The number of hydrogen-bond donors (Lipinski definition) is 0. The normalized spacial score (nSPS) is 17.2. The van der Waals surface area contributed by atoms with Gasteiger partial charge in [0.15, 0.2) is 0 Å². The van der Waals surface area contributed by atoms with E-state index in [1.165, 1.54) is 0 Å². The summed E-state index contributed by atoms with van der Waals surface area (Å²) in [7, 11) is 0. The molecule has 3 nitrogen and oxygen atoms in total. The highest BCUT2D eigenvalue weighted by molar-refractivity contribution is 5.89. The quantitative estimate of drug-likeness (QED) is 0.591. The van der Waals surface area contributed by atoms with Crippen molar-refractivity contribution in [3.8, 4) is 0 Å². The summed E-state index contributed by atoms with van der Waals surface area (Å²) >= 11 is 0. The first kappa shape index (κ1) is 9.10. The van der Waals surface area contributed by atoms with E-state index in [0.717, 1.165) is 25.2 Å². The molecule has 0 amide bonds. The molecule has 0 atom stereocenters. The van der Waals surface area contributed by atoms with Gasteiger partial charge in [-0.15, -0.1) is 0 Å². The average Bonchev–Trinajstić information content (AvgIpc) is 2.05. The van der Waals surface area contributed by atoms with E-state index in [1.54, 1.807) is 6.92 Å². The minimum atomic E-state index is -0.227. The van der Waals surface area contributed by atoms with Crippen molar-refractivity contribution in [2.45, 2.75) is 26.7 Å². The van der Waals surface area contributed by atoms with E-state index in [4.69, 9.17) is 9.47 Å². The molecule has 0 saturated carbocycles. The van der Waals surface area contributed by atoms with Gasteiger partial charge in [-0.05, 0) is 26.7 Å². The van der Waals surface area contributed by atoms with E-state index in [-0.39, 0.29) is 5.97 Å². The number of esters is 1. The summed E-state index contributed by atoms with van der Waals surface area (Å²) in [6, 6.07) is 0. The summed E-state index contributed by atoms with van der Waals surface area (Å²) < 4.78 is 10.1. The van der Waals surface area contributed by atoms with Crippen molar-refractivity contribution < 1.29 is 14.3 Å². The zero-order chi connectivity index (χ0) is 8.97. The zero-order valence-electron chi connectivity index (χ0n) is 7.55. The Bertz CT molecular complexity index is 206. The van der Waals surface area contributed by atoms with Crippen LogP contribution in [0.4, 0.5) is 0 Å². The van der Waals surface area contributed by atoms with Crippen LogP contribution in [0, 0.1) is 0 Å². The van der Waals surface area contributed by atoms with Gasteiger partial charge in [0.1, 0.15) is 5.76 Å². The Morgan fingerprint density at radius 2 is 2.42 bits per heavy atom. The first-order chi connectivity index (χ1) is 5.75. The maximum atomic E-state index is 11.2. The number of carbonyl (C=O) groups is 1. The molecule has 12 heavy (non-hydrogen) atoms. The highest BCUT2D eigenvalue weighted by atomic mass is 16.5. The van der Waals surface area contributed by atoms with Gasteiger partial charge in [-0.2, -0.15) is 0 Å². The van der Waals surface area contributed by atoms with Gasteiger partial charge >= 0.3 is 5.97 Å². The monoisotopic (exact) mass is 170 g/mol. The number of carbonyl (C=O) groups excluding carboxylic acids is 1. The van der Waals surface area contributed by atoms with Crippen LogP contribution in [-0.2, 0) is 14.3 Å². The van der Waals surface area contributed by atoms with Gasteiger partial charge in [0.2, 0.25) is 0 Å². The lowest BCUT2D eigenvalue weighted by atomic mass is 10.1. The summed E-state index contributed by atoms with van der Waals surface area (Å²) in [6.07, 6.45) is 1.69. The molecule has 0 N–H and O–H groups in total. The highest BCUT2D eigenvalue weighted by Crippen LogP contribution is 2.19.